The first-order chi connectivity index (χ1) is 14.4. The Kier molecular flexibility index (Phi) is 17.7. The highest BCUT2D eigenvalue weighted by molar-refractivity contribution is 7.54. The summed E-state index contributed by atoms with van der Waals surface area (Å²) in [7, 11) is -3.42. The predicted molar refractivity (Wildman–Crippen MR) is 128 cm³/mol. The van der Waals surface area contributed by atoms with E-state index < -0.39 is 13.7 Å². The van der Waals surface area contributed by atoms with Crippen molar-refractivity contribution >= 4 is 13.7 Å². The molecule has 5 nitrogen and oxygen atoms in total. The Morgan fingerprint density at radius 1 is 0.767 bits per heavy atom. The molecule has 0 aliphatic rings. The van der Waals surface area contributed by atoms with Gasteiger partial charge < -0.3 is 9.84 Å². The molecule has 1 N–H and O–H groups in total. The summed E-state index contributed by atoms with van der Waals surface area (Å²) in [4.78, 5) is 12.7. The van der Waals surface area contributed by atoms with Gasteiger partial charge in [-0.1, -0.05) is 98.8 Å². The number of rotatable bonds is 20. The van der Waals surface area contributed by atoms with Crippen molar-refractivity contribution in [2.24, 2.45) is 0 Å². The van der Waals surface area contributed by atoms with Crippen LogP contribution in [0.4, 0.5) is 4.79 Å². The molecule has 0 heterocycles. The molecule has 0 aromatic heterocycles. The Morgan fingerprint density at radius 2 is 1.30 bits per heavy atom. The number of amides is 1. The Hall–Kier alpha value is -0.540. The predicted octanol–water partition coefficient (Wildman–Crippen LogP) is 8.61. The van der Waals surface area contributed by atoms with Crippen molar-refractivity contribution < 1.29 is 18.4 Å². The van der Waals surface area contributed by atoms with Gasteiger partial charge in [0.1, 0.15) is 0 Å². The van der Waals surface area contributed by atoms with E-state index in [-0.39, 0.29) is 5.54 Å². The topological polar surface area (TPSA) is 64.6 Å². The Bertz CT molecular complexity index is 466. The second kappa shape index (κ2) is 18.1. The maximum absolute atomic E-state index is 13.3. The van der Waals surface area contributed by atoms with E-state index in [1.54, 1.807) is 0 Å². The number of carbonyl (C=O) groups is 1. The molecular weight excluding hydrogens is 397 g/mol. The van der Waals surface area contributed by atoms with Gasteiger partial charge >= 0.3 is 13.7 Å². The van der Waals surface area contributed by atoms with Gasteiger partial charge in [-0.25, -0.2) is 9.36 Å². The first-order valence-electron chi connectivity index (χ1n) is 12.7. The van der Waals surface area contributed by atoms with Crippen LogP contribution >= 0.6 is 7.60 Å². The zero-order valence-corrected chi connectivity index (χ0v) is 21.5. The normalized spacial score (nSPS) is 13.8. The van der Waals surface area contributed by atoms with Crippen LogP contribution in [0.25, 0.3) is 0 Å². The first-order valence-corrected chi connectivity index (χ1v) is 14.4. The maximum Gasteiger partial charge on any atom is 0.414 e. The maximum atomic E-state index is 13.3. The molecule has 0 aliphatic heterocycles. The van der Waals surface area contributed by atoms with Crippen LogP contribution in [0.3, 0.4) is 0 Å². The average molecular weight is 448 g/mol. The highest BCUT2D eigenvalue weighted by Gasteiger charge is 2.33. The summed E-state index contributed by atoms with van der Waals surface area (Å²) in [5.41, 5.74) is -0.292. The molecule has 0 radical (unpaired) electrons. The highest BCUT2D eigenvalue weighted by Crippen LogP contribution is 2.49. The number of carbonyl (C=O) groups excluding carboxylic acids is 1. The van der Waals surface area contributed by atoms with Gasteiger partial charge in [0.2, 0.25) is 0 Å². The van der Waals surface area contributed by atoms with Gasteiger partial charge in [-0.3, -0.25) is 4.52 Å². The van der Waals surface area contributed by atoms with Crippen molar-refractivity contribution in [3.8, 4) is 0 Å². The standard InChI is InChI=1S/C24H50NO4P/c1-6-11-14-15-16-17-19-22-30(27,28-21-13-8-3)29-23(26)25-24(9-4,10-5)20-18-12-7-2/h6-22H2,1-5H3,(H,25,26). The number of unbranched alkanes of at least 4 members (excludes halogenated alkanes) is 9. The van der Waals surface area contributed by atoms with Gasteiger partial charge in [0, 0.05) is 5.54 Å². The van der Waals surface area contributed by atoms with E-state index in [4.69, 9.17) is 9.05 Å². The molecule has 1 unspecified atom stereocenters. The van der Waals surface area contributed by atoms with Crippen molar-refractivity contribution in [2.75, 3.05) is 12.8 Å². The number of hydrogen-bond acceptors (Lipinski definition) is 4. The van der Waals surface area contributed by atoms with Gasteiger partial charge in [-0.15, -0.1) is 0 Å². The Labute approximate surface area is 187 Å². The van der Waals surface area contributed by atoms with Crippen molar-refractivity contribution in [3.63, 3.8) is 0 Å². The minimum atomic E-state index is -3.42. The van der Waals surface area contributed by atoms with Crippen LogP contribution in [0.1, 0.15) is 131 Å². The Morgan fingerprint density at radius 3 is 1.87 bits per heavy atom. The fraction of sp³-hybridized carbons (Fsp3) is 0.958. The van der Waals surface area contributed by atoms with E-state index >= 15 is 0 Å². The lowest BCUT2D eigenvalue weighted by Crippen LogP contribution is -2.47. The van der Waals surface area contributed by atoms with Gasteiger partial charge in [0.25, 0.3) is 0 Å². The summed E-state index contributed by atoms with van der Waals surface area (Å²) in [6.07, 6.45) is 15.3. The van der Waals surface area contributed by atoms with Gasteiger partial charge in [-0.05, 0) is 32.1 Å². The molecule has 0 aromatic carbocycles. The highest BCUT2D eigenvalue weighted by atomic mass is 31.2. The lowest BCUT2D eigenvalue weighted by Gasteiger charge is -2.33. The molecule has 0 aliphatic carbocycles. The second-order valence-electron chi connectivity index (χ2n) is 8.59. The largest absolute Gasteiger partial charge is 0.414 e. The molecule has 1 amide bonds. The molecule has 0 bridgehead atoms. The average Bonchev–Trinajstić information content (AvgIpc) is 2.72. The van der Waals surface area contributed by atoms with Crippen LogP contribution in [0, 0.1) is 0 Å². The summed E-state index contributed by atoms with van der Waals surface area (Å²) in [6.45, 7) is 11.0. The summed E-state index contributed by atoms with van der Waals surface area (Å²) in [5, 5.41) is 3.05. The van der Waals surface area contributed by atoms with E-state index in [9.17, 15) is 9.36 Å². The van der Waals surface area contributed by atoms with Crippen LogP contribution in [0.2, 0.25) is 0 Å². The van der Waals surface area contributed by atoms with Crippen LogP contribution in [0.15, 0.2) is 0 Å². The smallest absolute Gasteiger partial charge is 0.375 e. The first kappa shape index (κ1) is 29.5. The van der Waals surface area contributed by atoms with Gasteiger partial charge in [0.15, 0.2) is 0 Å². The molecule has 1 atom stereocenters. The molecule has 0 spiro atoms. The van der Waals surface area contributed by atoms with Crippen LogP contribution in [-0.2, 0) is 13.6 Å². The van der Waals surface area contributed by atoms with Crippen molar-refractivity contribution in [1.82, 2.24) is 5.32 Å². The molecule has 180 valence electrons. The summed E-state index contributed by atoms with van der Waals surface area (Å²) < 4.78 is 24.4. The third-order valence-electron chi connectivity index (χ3n) is 6.02. The van der Waals surface area contributed by atoms with E-state index in [2.05, 4.69) is 39.9 Å². The molecule has 30 heavy (non-hydrogen) atoms. The molecular formula is C24H50NO4P. The minimum absolute atomic E-state index is 0.292. The van der Waals surface area contributed by atoms with Crippen LogP contribution in [0.5, 0.6) is 0 Å². The fourth-order valence-electron chi connectivity index (χ4n) is 3.67. The van der Waals surface area contributed by atoms with Crippen LogP contribution < -0.4 is 5.32 Å². The third kappa shape index (κ3) is 13.7. The van der Waals surface area contributed by atoms with E-state index in [0.717, 1.165) is 70.6 Å². The Balaban J connectivity index is 4.77. The molecule has 0 fully saturated rings. The van der Waals surface area contributed by atoms with Gasteiger partial charge in [-0.2, -0.15) is 0 Å². The molecule has 0 saturated heterocycles. The summed E-state index contributed by atoms with van der Waals surface area (Å²) >= 11 is 0. The third-order valence-corrected chi connectivity index (χ3v) is 7.91. The quantitative estimate of drug-likeness (QED) is 0.150. The van der Waals surface area contributed by atoms with Crippen molar-refractivity contribution in [2.45, 2.75) is 136 Å². The van der Waals surface area contributed by atoms with E-state index in [1.807, 2.05) is 0 Å². The molecule has 0 saturated carbocycles. The monoisotopic (exact) mass is 447 g/mol. The lowest BCUT2D eigenvalue weighted by molar-refractivity contribution is 0.160. The van der Waals surface area contributed by atoms with E-state index in [0.29, 0.717) is 12.8 Å². The lowest BCUT2D eigenvalue weighted by atomic mass is 9.87. The fourth-order valence-corrected chi connectivity index (χ4v) is 5.26. The number of hydrogen-bond donors (Lipinski definition) is 1. The molecule has 0 aromatic rings. The number of nitrogens with one attached hydrogen (secondary N) is 1. The minimum Gasteiger partial charge on any atom is -0.375 e. The van der Waals surface area contributed by atoms with Gasteiger partial charge in [0.05, 0.1) is 12.8 Å². The molecule has 6 heteroatoms. The zero-order chi connectivity index (χ0) is 22.7. The van der Waals surface area contributed by atoms with Crippen LogP contribution in [-0.4, -0.2) is 24.4 Å². The second-order valence-corrected chi connectivity index (χ2v) is 10.7. The van der Waals surface area contributed by atoms with Crippen molar-refractivity contribution in [1.29, 1.82) is 0 Å². The summed E-state index contributed by atoms with van der Waals surface area (Å²) in [5.74, 6) is 0. The van der Waals surface area contributed by atoms with Crippen molar-refractivity contribution in [3.05, 3.63) is 0 Å². The van der Waals surface area contributed by atoms with E-state index in [1.165, 1.54) is 25.7 Å². The molecule has 0 rings (SSSR count). The summed E-state index contributed by atoms with van der Waals surface area (Å²) in [6, 6.07) is 0. The SMILES string of the molecule is CCCCCCCCCP(=O)(OCCCC)OC(=O)NC(CC)(CC)CCCCC. The zero-order valence-electron chi connectivity index (χ0n) is 20.6.